The number of nitrogens with one attached hydrogen (secondary N) is 2. The van der Waals surface area contributed by atoms with E-state index in [1.54, 1.807) is 17.0 Å². The largest absolute Gasteiger partial charge is 0.360 e. The van der Waals surface area contributed by atoms with Gasteiger partial charge < -0.3 is 29.5 Å². The summed E-state index contributed by atoms with van der Waals surface area (Å²) in [7, 11) is 0. The Kier molecular flexibility index (Phi) is 15.0. The highest BCUT2D eigenvalue weighted by Gasteiger charge is 2.41. The van der Waals surface area contributed by atoms with Gasteiger partial charge in [-0.1, -0.05) is 113 Å². The molecule has 0 spiro atoms. The van der Waals surface area contributed by atoms with Crippen molar-refractivity contribution >= 4 is 24.1 Å². The fourth-order valence-electron chi connectivity index (χ4n) is 9.77. The molecule has 0 radical (unpaired) electrons. The summed E-state index contributed by atoms with van der Waals surface area (Å²) in [6, 6.07) is 13.5. The van der Waals surface area contributed by atoms with E-state index >= 15 is 0 Å². The lowest BCUT2D eigenvalue weighted by Gasteiger charge is -2.42. The van der Waals surface area contributed by atoms with Crippen LogP contribution in [0.4, 0.5) is 0 Å². The van der Waals surface area contributed by atoms with E-state index in [1.165, 1.54) is 44.9 Å². The summed E-state index contributed by atoms with van der Waals surface area (Å²) in [6.45, 7) is 11.0. The van der Waals surface area contributed by atoms with Gasteiger partial charge in [-0.2, -0.15) is 0 Å². The first-order valence-corrected chi connectivity index (χ1v) is 23.6. The van der Waals surface area contributed by atoms with Crippen LogP contribution < -0.4 is 10.6 Å². The van der Waals surface area contributed by atoms with E-state index < -0.39 is 0 Å². The highest BCUT2D eigenvalue weighted by Crippen LogP contribution is 2.43. The zero-order chi connectivity index (χ0) is 42.9. The van der Waals surface area contributed by atoms with Crippen molar-refractivity contribution in [2.75, 3.05) is 19.6 Å². The number of carbonyl (C=O) groups excluding carboxylic acids is 4. The minimum Gasteiger partial charge on any atom is -0.360 e. The second-order valence-electron chi connectivity index (χ2n) is 19.7. The molecule has 12 nitrogen and oxygen atoms in total. The first kappa shape index (κ1) is 44.6. The molecule has 2 saturated heterocycles. The van der Waals surface area contributed by atoms with Crippen molar-refractivity contribution < 1.29 is 28.2 Å². The molecule has 0 bridgehead atoms. The van der Waals surface area contributed by atoms with Crippen LogP contribution in [0.3, 0.4) is 0 Å². The Hall–Kier alpha value is -4.48. The number of carbonyl (C=O) groups is 4. The summed E-state index contributed by atoms with van der Waals surface area (Å²) in [5.74, 6) is 4.76. The average molecular weight is 839 g/mol. The molecule has 3 aromatic rings. The van der Waals surface area contributed by atoms with Gasteiger partial charge in [0.15, 0.2) is 11.4 Å². The third-order valence-electron chi connectivity index (χ3n) is 14.4. The molecule has 4 amide bonds. The molecule has 9 rings (SSSR count). The number of piperidine rings is 2. The van der Waals surface area contributed by atoms with Crippen molar-refractivity contribution in [2.45, 2.75) is 167 Å². The number of nitrogens with zero attached hydrogens (tertiary/aromatic N) is 4. The molecule has 4 aliphatic carbocycles. The fourth-order valence-corrected chi connectivity index (χ4v) is 9.77. The van der Waals surface area contributed by atoms with Gasteiger partial charge in [-0.15, -0.1) is 0 Å². The average Bonchev–Trinajstić information content (AvgIpc) is 4.22. The third-order valence-corrected chi connectivity index (χ3v) is 14.4. The van der Waals surface area contributed by atoms with E-state index in [0.717, 1.165) is 93.1 Å². The molecule has 4 heterocycles. The van der Waals surface area contributed by atoms with Gasteiger partial charge in [0.05, 0.1) is 6.04 Å². The van der Waals surface area contributed by atoms with Crippen LogP contribution in [0.5, 0.6) is 0 Å². The SMILES string of the molecule is CC1CCC(C(C)(C)C(=O)N2CCC(NC(=O)c3cc(C4CC4)on3)CC2)CC1.CC1CCCCC1.O=CN1CCC(NC(=O)c2cc(C3CC3)on2)CC1c1ccccc1. The smallest absolute Gasteiger partial charge is 0.273 e. The molecule has 2 N–H and O–H groups in total. The monoisotopic (exact) mass is 839 g/mol. The molecule has 1 aromatic carbocycles. The maximum Gasteiger partial charge on any atom is 0.273 e. The normalized spacial score (nSPS) is 25.0. The quantitative estimate of drug-likeness (QED) is 0.192. The van der Waals surface area contributed by atoms with Crippen LogP contribution in [0.1, 0.15) is 193 Å². The van der Waals surface area contributed by atoms with Crippen molar-refractivity contribution in [3.8, 4) is 0 Å². The first-order chi connectivity index (χ1) is 29.5. The Morgan fingerprint density at radius 3 is 1.70 bits per heavy atom. The van der Waals surface area contributed by atoms with E-state index in [-0.39, 0.29) is 41.3 Å². The van der Waals surface area contributed by atoms with Crippen molar-refractivity contribution in [2.24, 2.45) is 23.2 Å². The van der Waals surface area contributed by atoms with E-state index in [2.05, 4.69) is 48.6 Å². The van der Waals surface area contributed by atoms with Crippen LogP contribution in [0.25, 0.3) is 0 Å². The minimum absolute atomic E-state index is 0.00924. The van der Waals surface area contributed by atoms with Crippen LogP contribution in [0.15, 0.2) is 51.5 Å². The van der Waals surface area contributed by atoms with Crippen molar-refractivity contribution in [3.05, 3.63) is 70.9 Å². The topological polar surface area (TPSA) is 151 Å². The zero-order valence-corrected chi connectivity index (χ0v) is 37.1. The second-order valence-corrected chi connectivity index (χ2v) is 19.7. The summed E-state index contributed by atoms with van der Waals surface area (Å²) < 4.78 is 10.5. The van der Waals surface area contributed by atoms with Gasteiger partial charge in [0.2, 0.25) is 12.3 Å². The molecule has 2 aliphatic heterocycles. The Labute approximate surface area is 362 Å². The number of hydrogen-bond donors (Lipinski definition) is 2. The molecule has 6 aliphatic rings. The lowest BCUT2D eigenvalue weighted by Crippen LogP contribution is -2.51. The minimum atomic E-state index is -0.295. The van der Waals surface area contributed by atoms with Crippen LogP contribution in [0.2, 0.25) is 0 Å². The van der Waals surface area contributed by atoms with E-state index in [4.69, 9.17) is 9.05 Å². The van der Waals surface area contributed by atoms with Gasteiger partial charge in [-0.3, -0.25) is 19.2 Å². The van der Waals surface area contributed by atoms with Gasteiger partial charge >= 0.3 is 0 Å². The van der Waals surface area contributed by atoms with Crippen LogP contribution >= 0.6 is 0 Å². The van der Waals surface area contributed by atoms with Gasteiger partial charge in [-0.25, -0.2) is 0 Å². The highest BCUT2D eigenvalue weighted by molar-refractivity contribution is 5.93. The molecular weight excluding hydrogens is 769 g/mol. The predicted molar refractivity (Wildman–Crippen MR) is 234 cm³/mol. The number of amides is 4. The highest BCUT2D eigenvalue weighted by atomic mass is 16.5. The zero-order valence-electron chi connectivity index (χ0n) is 37.1. The number of rotatable bonds is 10. The standard InChI is InChI=1S/C23H35N3O3.C19H21N3O3.C7H14/c1-15-4-8-17(9-5-15)23(2,3)22(28)26-12-10-18(11-13-26)24-21(27)19-14-20(29-25-19)16-6-7-16;23-12-22-9-8-15(10-17(22)13-4-2-1-3-5-13)20-19(24)16-11-18(25-21-16)14-6-7-14;1-7-5-3-2-4-6-7/h14-18H,4-13H2,1-3H3,(H,24,27);1-5,11-12,14-15,17H,6-10H2,(H,20,24);7H,2-6H2,1H3. The molecule has 332 valence electrons. The Bertz CT molecular complexity index is 1880. The number of aromatic nitrogens is 2. The van der Waals surface area contributed by atoms with Gasteiger partial charge in [0.1, 0.15) is 11.5 Å². The summed E-state index contributed by atoms with van der Waals surface area (Å²) in [5.41, 5.74) is 1.51. The van der Waals surface area contributed by atoms with Crippen LogP contribution in [-0.4, -0.2) is 76.0 Å². The summed E-state index contributed by atoms with van der Waals surface area (Å²) in [5, 5.41) is 13.9. The van der Waals surface area contributed by atoms with Crippen molar-refractivity contribution in [1.29, 1.82) is 0 Å². The molecule has 6 fully saturated rings. The third kappa shape index (κ3) is 12.1. The summed E-state index contributed by atoms with van der Waals surface area (Å²) in [4.78, 5) is 53.4. The first-order valence-electron chi connectivity index (χ1n) is 23.6. The molecule has 61 heavy (non-hydrogen) atoms. The molecule has 2 unspecified atom stereocenters. The van der Waals surface area contributed by atoms with Gasteiger partial charge in [0.25, 0.3) is 11.8 Å². The number of likely N-dealkylation sites (tertiary alicyclic amines) is 2. The predicted octanol–water partition coefficient (Wildman–Crippen LogP) is 9.36. The molecule has 2 atom stereocenters. The number of hydrogen-bond acceptors (Lipinski definition) is 8. The van der Waals surface area contributed by atoms with Crippen molar-refractivity contribution in [1.82, 2.24) is 30.7 Å². The number of benzene rings is 1. The molecule has 2 aromatic heterocycles. The van der Waals surface area contributed by atoms with Crippen molar-refractivity contribution in [3.63, 3.8) is 0 Å². The summed E-state index contributed by atoms with van der Waals surface area (Å²) >= 11 is 0. The molecular formula is C49H70N6O6. The summed E-state index contributed by atoms with van der Waals surface area (Å²) in [6.07, 6.45) is 20.6. The van der Waals surface area contributed by atoms with E-state index in [9.17, 15) is 19.2 Å². The van der Waals surface area contributed by atoms with Crippen LogP contribution in [-0.2, 0) is 9.59 Å². The maximum atomic E-state index is 13.2. The Balaban J connectivity index is 0.000000160. The Morgan fingerprint density at radius 2 is 1.20 bits per heavy atom. The van der Waals surface area contributed by atoms with Gasteiger partial charge in [0, 0.05) is 61.1 Å². The Morgan fingerprint density at radius 1 is 0.672 bits per heavy atom. The maximum absolute atomic E-state index is 13.2. The fraction of sp³-hybridized carbons (Fsp3) is 0.673. The lowest BCUT2D eigenvalue weighted by atomic mass is 9.68. The molecule has 4 saturated carbocycles. The lowest BCUT2D eigenvalue weighted by molar-refractivity contribution is -0.145. The molecule has 12 heteroatoms. The van der Waals surface area contributed by atoms with Gasteiger partial charge in [-0.05, 0) is 87.5 Å². The van der Waals surface area contributed by atoms with E-state index in [0.29, 0.717) is 55.2 Å². The van der Waals surface area contributed by atoms with E-state index in [1.807, 2.05) is 35.2 Å². The van der Waals surface area contributed by atoms with Crippen LogP contribution in [0, 0.1) is 23.2 Å². The second kappa shape index (κ2) is 20.6.